The molecule has 0 spiro atoms. The molecule has 0 radical (unpaired) electrons. The second kappa shape index (κ2) is 8.81. The van der Waals surface area contributed by atoms with Gasteiger partial charge in [0.05, 0.1) is 17.8 Å². The summed E-state index contributed by atoms with van der Waals surface area (Å²) in [5.74, 6) is 0.571. The molecule has 3 heteroatoms. The molecule has 3 N–H and O–H groups in total. The minimum absolute atomic E-state index is 0.192. The molecule has 0 amide bonds. The first kappa shape index (κ1) is 20.1. The van der Waals surface area contributed by atoms with Gasteiger partial charge < -0.3 is 15.3 Å². The van der Waals surface area contributed by atoms with E-state index in [2.05, 4.69) is 19.9 Å². The van der Waals surface area contributed by atoms with Crippen LogP contribution in [0.2, 0.25) is 0 Å². The van der Waals surface area contributed by atoms with E-state index in [1.807, 2.05) is 26.0 Å². The van der Waals surface area contributed by atoms with Crippen molar-refractivity contribution in [3.05, 3.63) is 35.5 Å². The normalized spacial score (nSPS) is 39.3. The third kappa shape index (κ3) is 7.47. The van der Waals surface area contributed by atoms with Crippen molar-refractivity contribution in [3.8, 4) is 0 Å². The number of hydrogen-bond acceptors (Lipinski definition) is 3. The minimum atomic E-state index is -1.05. The number of aliphatic hydroxyl groups excluding tert-OH is 2. The van der Waals surface area contributed by atoms with Crippen LogP contribution in [0.3, 0.4) is 0 Å². The van der Waals surface area contributed by atoms with E-state index in [-0.39, 0.29) is 12.3 Å². The van der Waals surface area contributed by atoms with Crippen LogP contribution in [0, 0.1) is 11.8 Å². The molecule has 4 atom stereocenters. The molecule has 0 aliphatic heterocycles. The Morgan fingerprint density at radius 1 is 1.22 bits per heavy atom. The molecule has 1 aliphatic carbocycles. The molecule has 0 aromatic carbocycles. The van der Waals surface area contributed by atoms with Crippen LogP contribution in [-0.4, -0.2) is 33.1 Å². The molecule has 23 heavy (non-hydrogen) atoms. The Hall–Kier alpha value is -0.900. The van der Waals surface area contributed by atoms with Crippen LogP contribution in [0.1, 0.15) is 60.3 Å². The van der Waals surface area contributed by atoms with Crippen LogP contribution < -0.4 is 0 Å². The smallest absolute Gasteiger partial charge is 0.0827 e. The van der Waals surface area contributed by atoms with Gasteiger partial charge in [-0.25, -0.2) is 0 Å². The van der Waals surface area contributed by atoms with Gasteiger partial charge in [-0.1, -0.05) is 43.7 Å². The lowest BCUT2D eigenvalue weighted by atomic mass is 9.85. The van der Waals surface area contributed by atoms with Gasteiger partial charge in [0.2, 0.25) is 0 Å². The number of hydrogen-bond donors (Lipinski definition) is 3. The van der Waals surface area contributed by atoms with Crippen molar-refractivity contribution >= 4 is 0 Å². The topological polar surface area (TPSA) is 60.7 Å². The van der Waals surface area contributed by atoms with Gasteiger partial charge in [0.1, 0.15) is 0 Å². The van der Waals surface area contributed by atoms with Crippen LogP contribution in [0.4, 0.5) is 0 Å². The number of rotatable bonds is 1. The fraction of sp³-hybridized carbons (Fsp3) is 0.700. The maximum atomic E-state index is 10.5. The number of aliphatic hydroxyl groups is 3. The first-order chi connectivity index (χ1) is 10.6. The monoisotopic (exact) mass is 322 g/mol. The van der Waals surface area contributed by atoms with Crippen LogP contribution in [-0.2, 0) is 0 Å². The Morgan fingerprint density at radius 2 is 1.87 bits per heavy atom. The lowest BCUT2D eigenvalue weighted by Gasteiger charge is -2.25. The van der Waals surface area contributed by atoms with E-state index in [1.165, 1.54) is 0 Å². The lowest BCUT2D eigenvalue weighted by molar-refractivity contribution is 0.0562. The molecule has 0 saturated carbocycles. The van der Waals surface area contributed by atoms with Gasteiger partial charge >= 0.3 is 0 Å². The van der Waals surface area contributed by atoms with Crippen molar-refractivity contribution in [2.45, 2.75) is 78.1 Å². The fourth-order valence-corrected chi connectivity index (χ4v) is 2.97. The zero-order chi connectivity index (χ0) is 17.6. The maximum Gasteiger partial charge on any atom is 0.0827 e. The molecular weight excluding hydrogens is 288 g/mol. The van der Waals surface area contributed by atoms with Crippen LogP contribution >= 0.6 is 0 Å². The van der Waals surface area contributed by atoms with E-state index in [4.69, 9.17) is 0 Å². The predicted molar refractivity (Wildman–Crippen MR) is 96.1 cm³/mol. The average molecular weight is 322 g/mol. The molecule has 0 bridgehead atoms. The van der Waals surface area contributed by atoms with Crippen molar-refractivity contribution in [2.75, 3.05) is 0 Å². The Morgan fingerprint density at radius 3 is 2.48 bits per heavy atom. The summed E-state index contributed by atoms with van der Waals surface area (Å²) in [5.41, 5.74) is 1.05. The Kier molecular flexibility index (Phi) is 7.72. The highest BCUT2D eigenvalue weighted by Gasteiger charge is 2.23. The SMILES string of the molecule is C/C1=C\[C@H](O)C[C@@](C)(O)C=C[C@H](C(C)C)C[C@@H](O)/C(C)=C/CC1. The molecule has 0 fully saturated rings. The van der Waals surface area contributed by atoms with Gasteiger partial charge in [0.25, 0.3) is 0 Å². The van der Waals surface area contributed by atoms with Gasteiger partial charge in [-0.05, 0) is 57.4 Å². The first-order valence-corrected chi connectivity index (χ1v) is 8.72. The standard InChI is InChI=1S/C20H34O3/c1-14(2)17-9-10-20(5,23)13-18(21)11-15(3)7-6-8-16(4)19(22)12-17/h8-11,14,17-19,21-23H,6-7,12-13H2,1-5H3/b10-9?,15-11+,16-8+/t17-,18-,19+,20-/m0/s1. The molecule has 1 aliphatic rings. The van der Waals surface area contributed by atoms with E-state index >= 15 is 0 Å². The van der Waals surface area contributed by atoms with Gasteiger partial charge in [-0.2, -0.15) is 0 Å². The van der Waals surface area contributed by atoms with Crippen molar-refractivity contribution < 1.29 is 15.3 Å². The van der Waals surface area contributed by atoms with Crippen molar-refractivity contribution in [1.29, 1.82) is 0 Å². The molecule has 0 heterocycles. The first-order valence-electron chi connectivity index (χ1n) is 8.72. The number of allylic oxidation sites excluding steroid dienone is 3. The van der Waals surface area contributed by atoms with Gasteiger partial charge in [0, 0.05) is 6.42 Å². The van der Waals surface area contributed by atoms with E-state index < -0.39 is 17.8 Å². The third-order valence-corrected chi connectivity index (χ3v) is 4.68. The zero-order valence-corrected chi connectivity index (χ0v) is 15.3. The van der Waals surface area contributed by atoms with Crippen LogP contribution in [0.25, 0.3) is 0 Å². The maximum absolute atomic E-state index is 10.5. The zero-order valence-electron chi connectivity index (χ0n) is 15.3. The van der Waals surface area contributed by atoms with E-state index in [9.17, 15) is 15.3 Å². The Balaban J connectivity index is 3.07. The molecule has 0 aromatic rings. The van der Waals surface area contributed by atoms with Crippen LogP contribution in [0.5, 0.6) is 0 Å². The summed E-state index contributed by atoms with van der Waals surface area (Å²) in [5, 5.41) is 31.1. The van der Waals surface area contributed by atoms with Crippen LogP contribution in [0.15, 0.2) is 35.5 Å². The Bertz CT molecular complexity index is 458. The van der Waals surface area contributed by atoms with Gasteiger partial charge in [0.15, 0.2) is 0 Å². The molecule has 1 rings (SSSR count). The Labute approximate surface area is 141 Å². The summed E-state index contributed by atoms with van der Waals surface area (Å²) in [6.07, 6.45) is 9.25. The largest absolute Gasteiger partial charge is 0.389 e. The van der Waals surface area contributed by atoms with E-state index in [0.717, 1.165) is 24.0 Å². The summed E-state index contributed by atoms with van der Waals surface area (Å²) < 4.78 is 0. The summed E-state index contributed by atoms with van der Waals surface area (Å²) in [4.78, 5) is 0. The predicted octanol–water partition coefficient (Wildman–Crippen LogP) is 3.75. The second-order valence-electron chi connectivity index (χ2n) is 7.65. The second-order valence-corrected chi connectivity index (χ2v) is 7.65. The van der Waals surface area contributed by atoms with Gasteiger partial charge in [-0.3, -0.25) is 0 Å². The highest BCUT2D eigenvalue weighted by Crippen LogP contribution is 2.25. The van der Waals surface area contributed by atoms with Crippen molar-refractivity contribution in [3.63, 3.8) is 0 Å². The molecular formula is C20H34O3. The molecule has 0 aromatic heterocycles. The average Bonchev–Trinajstić information content (AvgIpc) is 2.40. The summed E-state index contributed by atoms with van der Waals surface area (Å²) in [6, 6.07) is 0. The highest BCUT2D eigenvalue weighted by atomic mass is 16.3. The molecule has 0 unspecified atom stereocenters. The lowest BCUT2D eigenvalue weighted by Crippen LogP contribution is -2.28. The third-order valence-electron chi connectivity index (χ3n) is 4.68. The summed E-state index contributed by atoms with van der Waals surface area (Å²) in [6.45, 7) is 9.94. The van der Waals surface area contributed by atoms with Crippen molar-refractivity contribution in [1.82, 2.24) is 0 Å². The molecule has 132 valence electrons. The molecule has 0 saturated heterocycles. The fourth-order valence-electron chi connectivity index (χ4n) is 2.97. The van der Waals surface area contributed by atoms with E-state index in [1.54, 1.807) is 13.0 Å². The highest BCUT2D eigenvalue weighted by molar-refractivity contribution is 5.12. The van der Waals surface area contributed by atoms with Gasteiger partial charge in [-0.15, -0.1) is 0 Å². The molecule has 3 nitrogen and oxygen atoms in total. The van der Waals surface area contributed by atoms with Crippen molar-refractivity contribution in [2.24, 2.45) is 11.8 Å². The summed E-state index contributed by atoms with van der Waals surface area (Å²) >= 11 is 0. The van der Waals surface area contributed by atoms with E-state index in [0.29, 0.717) is 12.3 Å². The minimum Gasteiger partial charge on any atom is -0.389 e. The summed E-state index contributed by atoms with van der Waals surface area (Å²) in [7, 11) is 0. The quantitative estimate of drug-likeness (QED) is 0.644.